The van der Waals surface area contributed by atoms with Gasteiger partial charge in [0.15, 0.2) is 0 Å². The van der Waals surface area contributed by atoms with Gasteiger partial charge in [-0.15, -0.1) is 0 Å². The molecule has 0 amide bonds. The Morgan fingerprint density at radius 2 is 2.07 bits per heavy atom. The largest absolute Gasteiger partial charge is 0.478 e. The zero-order chi connectivity index (χ0) is 20.2. The van der Waals surface area contributed by atoms with Crippen molar-refractivity contribution < 1.29 is 14.3 Å². The van der Waals surface area contributed by atoms with Crippen LogP contribution in [-0.4, -0.2) is 22.6 Å². The first kappa shape index (κ1) is 19.5. The molecule has 0 aliphatic heterocycles. The Bertz CT molecular complexity index is 1040. The number of rotatable bonds is 6. The van der Waals surface area contributed by atoms with Gasteiger partial charge in [-0.2, -0.15) is 0 Å². The van der Waals surface area contributed by atoms with Crippen LogP contribution in [0.25, 0.3) is 0 Å². The van der Waals surface area contributed by atoms with E-state index in [9.17, 15) is 14.3 Å². The number of fused-ring (bicyclic) bond motifs is 1. The molecular formula is C23H21FN2O2S. The van der Waals surface area contributed by atoms with Crippen molar-refractivity contribution in [2.75, 3.05) is 11.9 Å². The van der Waals surface area contributed by atoms with Gasteiger partial charge >= 0.3 is 5.97 Å². The molecule has 1 aromatic heterocycles. The Morgan fingerprint density at radius 1 is 1.21 bits per heavy atom. The van der Waals surface area contributed by atoms with Gasteiger partial charge in [-0.05, 0) is 66.8 Å². The fourth-order valence-electron chi connectivity index (χ4n) is 3.79. The summed E-state index contributed by atoms with van der Waals surface area (Å²) in [7, 11) is 0. The third-order valence-corrected chi connectivity index (χ3v) is 6.15. The third-order valence-electron chi connectivity index (χ3n) is 5.18. The molecule has 1 aliphatic rings. The van der Waals surface area contributed by atoms with Crippen molar-refractivity contribution in [3.05, 3.63) is 83.4 Å². The maximum absolute atomic E-state index is 13.4. The summed E-state index contributed by atoms with van der Waals surface area (Å²) in [5.74, 6) is -0.873. The minimum Gasteiger partial charge on any atom is -0.478 e. The second-order valence-corrected chi connectivity index (χ2v) is 8.26. The Balaban J connectivity index is 1.49. The summed E-state index contributed by atoms with van der Waals surface area (Å²) in [6.45, 7) is 0.662. The van der Waals surface area contributed by atoms with Crippen LogP contribution >= 0.6 is 11.8 Å². The maximum atomic E-state index is 13.4. The van der Waals surface area contributed by atoms with Crippen molar-refractivity contribution in [1.29, 1.82) is 0 Å². The van der Waals surface area contributed by atoms with Crippen molar-refractivity contribution >= 4 is 23.4 Å². The van der Waals surface area contributed by atoms with Gasteiger partial charge in [-0.1, -0.05) is 23.9 Å². The summed E-state index contributed by atoms with van der Waals surface area (Å²) in [5.41, 5.74) is 3.39. The second-order valence-electron chi connectivity index (χ2n) is 7.12. The van der Waals surface area contributed by atoms with Gasteiger partial charge in [-0.25, -0.2) is 9.18 Å². The van der Waals surface area contributed by atoms with E-state index in [0.717, 1.165) is 29.1 Å². The monoisotopic (exact) mass is 408 g/mol. The maximum Gasteiger partial charge on any atom is 0.337 e. The van der Waals surface area contributed by atoms with Crippen LogP contribution in [0.5, 0.6) is 0 Å². The molecule has 0 bridgehead atoms. The van der Waals surface area contributed by atoms with Crippen LogP contribution in [0.15, 0.2) is 70.7 Å². The second kappa shape index (κ2) is 8.66. The first-order valence-electron chi connectivity index (χ1n) is 9.57. The lowest BCUT2D eigenvalue weighted by molar-refractivity contribution is 0.0697. The third kappa shape index (κ3) is 4.59. The number of halogens is 1. The summed E-state index contributed by atoms with van der Waals surface area (Å²) in [5, 5.41) is 12.6. The molecule has 0 radical (unpaired) electrons. The Kier molecular flexibility index (Phi) is 5.81. The van der Waals surface area contributed by atoms with E-state index in [1.54, 1.807) is 30.1 Å². The lowest BCUT2D eigenvalue weighted by Gasteiger charge is -2.27. The molecule has 0 fully saturated rings. The van der Waals surface area contributed by atoms with Gasteiger partial charge < -0.3 is 10.4 Å². The van der Waals surface area contributed by atoms with Crippen LogP contribution < -0.4 is 5.32 Å². The number of hydrogen-bond acceptors (Lipinski definition) is 4. The number of nitrogens with one attached hydrogen (secondary N) is 1. The zero-order valence-electron chi connectivity index (χ0n) is 15.8. The lowest BCUT2D eigenvalue weighted by Crippen LogP contribution is -2.19. The van der Waals surface area contributed by atoms with Gasteiger partial charge in [0.05, 0.1) is 17.4 Å². The predicted octanol–water partition coefficient (Wildman–Crippen LogP) is 5.60. The van der Waals surface area contributed by atoms with E-state index in [-0.39, 0.29) is 11.4 Å². The summed E-state index contributed by atoms with van der Waals surface area (Å²) in [6.07, 6.45) is 6.22. The SMILES string of the molecule is O=C(O)c1ccncc1NC[C@@H]1CCCc2cc(Sc3cccc(F)c3)ccc21. The standard InChI is InChI=1S/C23H21FN2O2S/c24-17-5-2-6-18(12-17)29-19-7-8-20-15(11-19)3-1-4-16(20)13-26-22-14-25-10-9-21(22)23(27)28/h2,5-12,14,16,26H,1,3-4,13H2,(H,27,28)/t16-/m0/s1. The number of pyridine rings is 1. The molecule has 3 aromatic rings. The zero-order valence-corrected chi connectivity index (χ0v) is 16.6. The van der Waals surface area contributed by atoms with E-state index >= 15 is 0 Å². The number of carbonyl (C=O) groups is 1. The number of nitrogens with zero attached hydrogens (tertiary/aromatic N) is 1. The fraction of sp³-hybridized carbons (Fsp3) is 0.217. The van der Waals surface area contributed by atoms with E-state index in [1.807, 2.05) is 6.07 Å². The Morgan fingerprint density at radius 3 is 2.90 bits per heavy atom. The fourth-order valence-corrected chi connectivity index (χ4v) is 4.72. The summed E-state index contributed by atoms with van der Waals surface area (Å²) < 4.78 is 13.4. The number of aromatic carboxylic acids is 1. The summed E-state index contributed by atoms with van der Waals surface area (Å²) >= 11 is 1.56. The van der Waals surface area contributed by atoms with E-state index in [2.05, 4.69) is 28.5 Å². The summed E-state index contributed by atoms with van der Waals surface area (Å²) in [4.78, 5) is 17.4. The van der Waals surface area contributed by atoms with Crippen LogP contribution in [0.3, 0.4) is 0 Å². The minimum atomic E-state index is -0.960. The van der Waals surface area contributed by atoms with E-state index in [0.29, 0.717) is 18.2 Å². The molecule has 6 heteroatoms. The normalized spacial score (nSPS) is 15.6. The van der Waals surface area contributed by atoms with Crippen LogP contribution in [0.2, 0.25) is 0 Å². The summed E-state index contributed by atoms with van der Waals surface area (Å²) in [6, 6.07) is 14.6. The van der Waals surface area contributed by atoms with Crippen molar-refractivity contribution in [1.82, 2.24) is 4.98 Å². The Labute approximate surface area is 173 Å². The average molecular weight is 408 g/mol. The number of aryl methyl sites for hydroxylation is 1. The van der Waals surface area contributed by atoms with Crippen molar-refractivity contribution in [2.24, 2.45) is 0 Å². The molecule has 29 heavy (non-hydrogen) atoms. The quantitative estimate of drug-likeness (QED) is 0.556. The van der Waals surface area contributed by atoms with Crippen LogP contribution in [0.1, 0.15) is 40.2 Å². The highest BCUT2D eigenvalue weighted by atomic mass is 32.2. The highest BCUT2D eigenvalue weighted by Gasteiger charge is 2.21. The molecule has 148 valence electrons. The molecule has 0 saturated carbocycles. The van der Waals surface area contributed by atoms with Gasteiger partial charge in [0, 0.05) is 28.5 Å². The number of carboxylic acids is 1. The molecule has 0 unspecified atom stereocenters. The van der Waals surface area contributed by atoms with E-state index < -0.39 is 5.97 Å². The van der Waals surface area contributed by atoms with Crippen molar-refractivity contribution in [2.45, 2.75) is 35.0 Å². The molecule has 1 aliphatic carbocycles. The van der Waals surface area contributed by atoms with Gasteiger partial charge in [-0.3, -0.25) is 4.98 Å². The van der Waals surface area contributed by atoms with Gasteiger partial charge in [0.1, 0.15) is 5.82 Å². The number of carboxylic acid groups (broad SMARTS) is 1. The van der Waals surface area contributed by atoms with Crippen molar-refractivity contribution in [3.63, 3.8) is 0 Å². The van der Waals surface area contributed by atoms with E-state index in [4.69, 9.17) is 0 Å². The Hall–Kier alpha value is -2.86. The highest BCUT2D eigenvalue weighted by molar-refractivity contribution is 7.99. The lowest BCUT2D eigenvalue weighted by atomic mass is 9.83. The number of anilines is 1. The van der Waals surface area contributed by atoms with Crippen LogP contribution in [-0.2, 0) is 6.42 Å². The number of hydrogen-bond donors (Lipinski definition) is 2. The molecule has 4 nitrogen and oxygen atoms in total. The molecule has 0 spiro atoms. The van der Waals surface area contributed by atoms with Crippen molar-refractivity contribution in [3.8, 4) is 0 Å². The molecule has 1 heterocycles. The molecule has 2 aromatic carbocycles. The van der Waals surface area contributed by atoms with E-state index in [1.165, 1.54) is 29.5 Å². The van der Waals surface area contributed by atoms with Gasteiger partial charge in [0.25, 0.3) is 0 Å². The molecule has 4 rings (SSSR count). The van der Waals surface area contributed by atoms with Crippen LogP contribution in [0, 0.1) is 5.82 Å². The minimum absolute atomic E-state index is 0.227. The topological polar surface area (TPSA) is 62.2 Å². The van der Waals surface area contributed by atoms with Crippen LogP contribution in [0.4, 0.5) is 10.1 Å². The number of aromatic nitrogens is 1. The first-order chi connectivity index (χ1) is 14.1. The highest BCUT2D eigenvalue weighted by Crippen LogP contribution is 2.36. The smallest absolute Gasteiger partial charge is 0.337 e. The molecular weight excluding hydrogens is 387 g/mol. The first-order valence-corrected chi connectivity index (χ1v) is 10.4. The molecule has 2 N–H and O–H groups in total. The molecule has 1 atom stereocenters. The molecule has 0 saturated heterocycles. The predicted molar refractivity (Wildman–Crippen MR) is 112 cm³/mol. The average Bonchev–Trinajstić information content (AvgIpc) is 2.72. The van der Waals surface area contributed by atoms with Gasteiger partial charge in [0.2, 0.25) is 0 Å². The number of benzene rings is 2.